The van der Waals surface area contributed by atoms with Gasteiger partial charge in [-0.25, -0.2) is 9.59 Å². The minimum atomic E-state index is -1.15. The minimum Gasteiger partial charge on any atom is -0.486 e. The summed E-state index contributed by atoms with van der Waals surface area (Å²) in [5.41, 5.74) is 5.01. The molecule has 1 aliphatic heterocycles. The molecular weight excluding hydrogens is 280 g/mol. The smallest absolute Gasteiger partial charge is 0.339 e. The van der Waals surface area contributed by atoms with Gasteiger partial charge in [-0.2, -0.15) is 0 Å². The first-order chi connectivity index (χ1) is 9.97. The molecule has 3 amide bonds. The number of hydrogen-bond donors (Lipinski definition) is 2. The van der Waals surface area contributed by atoms with Gasteiger partial charge in [0.15, 0.2) is 17.6 Å². The number of urea groups is 1. The van der Waals surface area contributed by atoms with Crippen molar-refractivity contribution in [1.29, 1.82) is 0 Å². The molecule has 0 saturated heterocycles. The second-order valence-corrected chi connectivity index (χ2v) is 4.26. The van der Waals surface area contributed by atoms with E-state index in [2.05, 4.69) is 0 Å². The lowest BCUT2D eigenvalue weighted by atomic mass is 10.2. The number of nitrogens with one attached hydrogen (secondary N) is 1. The molecule has 8 heteroatoms. The number of imide groups is 1. The zero-order valence-electron chi connectivity index (χ0n) is 11.3. The highest BCUT2D eigenvalue weighted by Gasteiger charge is 2.21. The Labute approximate surface area is 120 Å². The summed E-state index contributed by atoms with van der Waals surface area (Å²) in [4.78, 5) is 33.9. The van der Waals surface area contributed by atoms with Crippen LogP contribution in [0.4, 0.5) is 4.79 Å². The van der Waals surface area contributed by atoms with E-state index in [-0.39, 0.29) is 5.56 Å². The quantitative estimate of drug-likeness (QED) is 0.769. The van der Waals surface area contributed by atoms with E-state index in [9.17, 15) is 14.4 Å². The third kappa shape index (κ3) is 3.62. The first kappa shape index (κ1) is 14.6. The van der Waals surface area contributed by atoms with Crippen LogP contribution in [0.25, 0.3) is 0 Å². The third-order valence-electron chi connectivity index (χ3n) is 2.68. The van der Waals surface area contributed by atoms with Gasteiger partial charge in [0.2, 0.25) is 0 Å². The molecule has 0 bridgehead atoms. The Morgan fingerprint density at radius 2 is 1.90 bits per heavy atom. The van der Waals surface area contributed by atoms with Crippen molar-refractivity contribution in [2.45, 2.75) is 13.0 Å². The van der Waals surface area contributed by atoms with Crippen LogP contribution in [0.5, 0.6) is 11.5 Å². The van der Waals surface area contributed by atoms with E-state index in [1.54, 1.807) is 6.07 Å². The average Bonchev–Trinajstić information content (AvgIpc) is 2.45. The Bertz CT molecular complexity index is 586. The van der Waals surface area contributed by atoms with Crippen LogP contribution in [0.2, 0.25) is 0 Å². The molecule has 1 aromatic carbocycles. The highest BCUT2D eigenvalue weighted by atomic mass is 16.6. The van der Waals surface area contributed by atoms with E-state index in [0.29, 0.717) is 24.7 Å². The lowest BCUT2D eigenvalue weighted by molar-refractivity contribution is -0.127. The average molecular weight is 294 g/mol. The van der Waals surface area contributed by atoms with E-state index in [1.807, 2.05) is 5.32 Å². The van der Waals surface area contributed by atoms with Crippen LogP contribution in [0.15, 0.2) is 18.2 Å². The summed E-state index contributed by atoms with van der Waals surface area (Å²) in [7, 11) is 0. The summed E-state index contributed by atoms with van der Waals surface area (Å²) >= 11 is 0. The molecule has 1 aliphatic rings. The minimum absolute atomic E-state index is 0.206. The highest BCUT2D eigenvalue weighted by molar-refractivity contribution is 5.98. The maximum Gasteiger partial charge on any atom is 0.339 e. The van der Waals surface area contributed by atoms with E-state index in [1.165, 1.54) is 19.1 Å². The monoisotopic (exact) mass is 294 g/mol. The van der Waals surface area contributed by atoms with Crippen molar-refractivity contribution in [2.24, 2.45) is 5.73 Å². The summed E-state index contributed by atoms with van der Waals surface area (Å²) in [5.74, 6) is -0.547. The Morgan fingerprint density at radius 3 is 2.57 bits per heavy atom. The Kier molecular flexibility index (Phi) is 4.27. The lowest BCUT2D eigenvalue weighted by Crippen LogP contribution is -2.42. The normalized spacial score (nSPS) is 14.0. The van der Waals surface area contributed by atoms with Crippen LogP contribution in [0.3, 0.4) is 0 Å². The molecule has 1 atom stereocenters. The van der Waals surface area contributed by atoms with Gasteiger partial charge in [0, 0.05) is 0 Å². The van der Waals surface area contributed by atoms with Gasteiger partial charge in [-0.3, -0.25) is 10.1 Å². The van der Waals surface area contributed by atoms with Gasteiger partial charge >= 0.3 is 12.0 Å². The number of esters is 1. The number of ether oxygens (including phenoxy) is 3. The number of carbonyl (C=O) groups is 3. The maximum absolute atomic E-state index is 11.9. The Morgan fingerprint density at radius 1 is 1.24 bits per heavy atom. The molecule has 112 valence electrons. The Balaban J connectivity index is 2.03. The first-order valence-corrected chi connectivity index (χ1v) is 6.18. The van der Waals surface area contributed by atoms with Gasteiger partial charge in [-0.1, -0.05) is 0 Å². The van der Waals surface area contributed by atoms with Gasteiger partial charge in [-0.05, 0) is 25.1 Å². The Hall–Kier alpha value is -2.77. The predicted molar refractivity (Wildman–Crippen MR) is 70.0 cm³/mol. The van der Waals surface area contributed by atoms with Crippen LogP contribution >= 0.6 is 0 Å². The summed E-state index contributed by atoms with van der Waals surface area (Å²) in [6.45, 7) is 2.16. The van der Waals surface area contributed by atoms with Crippen LogP contribution in [0.1, 0.15) is 17.3 Å². The summed E-state index contributed by atoms with van der Waals surface area (Å²) in [6, 6.07) is 3.53. The zero-order valence-corrected chi connectivity index (χ0v) is 11.3. The number of benzene rings is 1. The number of rotatable bonds is 3. The van der Waals surface area contributed by atoms with E-state index in [4.69, 9.17) is 19.9 Å². The first-order valence-electron chi connectivity index (χ1n) is 6.18. The fourth-order valence-corrected chi connectivity index (χ4v) is 1.68. The topological polar surface area (TPSA) is 117 Å². The van der Waals surface area contributed by atoms with Crippen LogP contribution in [0, 0.1) is 0 Å². The van der Waals surface area contributed by atoms with Crippen molar-refractivity contribution < 1.29 is 28.6 Å². The molecule has 0 aromatic heterocycles. The number of amides is 3. The molecule has 1 aromatic rings. The largest absolute Gasteiger partial charge is 0.486 e. The highest BCUT2D eigenvalue weighted by Crippen LogP contribution is 2.30. The number of hydrogen-bond acceptors (Lipinski definition) is 6. The van der Waals surface area contributed by atoms with E-state index in [0.717, 1.165) is 0 Å². The second kappa shape index (κ2) is 6.12. The second-order valence-electron chi connectivity index (χ2n) is 4.26. The molecule has 1 heterocycles. The summed E-state index contributed by atoms with van der Waals surface area (Å²) < 4.78 is 15.6. The summed E-state index contributed by atoms with van der Waals surface area (Å²) in [5, 5.41) is 1.83. The van der Waals surface area contributed by atoms with Gasteiger partial charge in [0.25, 0.3) is 5.91 Å². The van der Waals surface area contributed by atoms with Gasteiger partial charge in [0.1, 0.15) is 13.2 Å². The van der Waals surface area contributed by atoms with E-state index < -0.39 is 24.0 Å². The van der Waals surface area contributed by atoms with Crippen LogP contribution < -0.4 is 20.5 Å². The maximum atomic E-state index is 11.9. The standard InChI is InChI=1S/C13H14N2O6/c1-7(11(16)15-13(14)18)21-12(17)8-2-3-9-10(6-8)20-5-4-19-9/h2-3,6-7H,4-5H2,1H3,(H3,14,15,16,18)/t7-/m1/s1. The zero-order chi connectivity index (χ0) is 15.4. The van der Waals surface area contributed by atoms with Crippen molar-refractivity contribution in [1.82, 2.24) is 5.32 Å². The van der Waals surface area contributed by atoms with Gasteiger partial charge in [-0.15, -0.1) is 0 Å². The number of primary amides is 1. The molecule has 0 spiro atoms. The molecule has 0 radical (unpaired) electrons. The number of fused-ring (bicyclic) bond motifs is 1. The SMILES string of the molecule is C[C@@H](OC(=O)c1ccc2c(c1)OCCO2)C(=O)NC(N)=O. The molecule has 0 fully saturated rings. The van der Waals surface area contributed by atoms with Gasteiger partial charge in [0.05, 0.1) is 5.56 Å². The van der Waals surface area contributed by atoms with Crippen molar-refractivity contribution in [3.63, 3.8) is 0 Å². The lowest BCUT2D eigenvalue weighted by Gasteiger charge is -2.19. The molecule has 21 heavy (non-hydrogen) atoms. The molecule has 0 aliphatic carbocycles. The third-order valence-corrected chi connectivity index (χ3v) is 2.68. The molecule has 0 saturated carbocycles. The fourth-order valence-electron chi connectivity index (χ4n) is 1.68. The van der Waals surface area contributed by atoms with Gasteiger partial charge < -0.3 is 19.9 Å². The summed E-state index contributed by atoms with van der Waals surface area (Å²) in [6.07, 6.45) is -1.15. The van der Waals surface area contributed by atoms with Crippen molar-refractivity contribution >= 4 is 17.9 Å². The molecule has 2 rings (SSSR count). The fraction of sp³-hybridized carbons (Fsp3) is 0.308. The predicted octanol–water partition coefficient (Wildman–Crippen LogP) is 0.198. The number of nitrogens with two attached hydrogens (primary N) is 1. The molecular formula is C13H14N2O6. The van der Waals surface area contributed by atoms with Crippen molar-refractivity contribution in [3.8, 4) is 11.5 Å². The van der Waals surface area contributed by atoms with Crippen molar-refractivity contribution in [2.75, 3.05) is 13.2 Å². The molecule has 0 unspecified atom stereocenters. The molecule has 8 nitrogen and oxygen atoms in total. The molecule has 3 N–H and O–H groups in total. The van der Waals surface area contributed by atoms with Crippen LogP contribution in [-0.4, -0.2) is 37.2 Å². The van der Waals surface area contributed by atoms with E-state index >= 15 is 0 Å². The van der Waals surface area contributed by atoms with Crippen LogP contribution in [-0.2, 0) is 9.53 Å². The number of carbonyl (C=O) groups excluding carboxylic acids is 3. The van der Waals surface area contributed by atoms with Crippen molar-refractivity contribution in [3.05, 3.63) is 23.8 Å².